The Morgan fingerprint density at radius 2 is 2.00 bits per heavy atom. The van der Waals surface area contributed by atoms with E-state index in [0.29, 0.717) is 0 Å². The molecule has 1 unspecified atom stereocenters. The van der Waals surface area contributed by atoms with Gasteiger partial charge >= 0.3 is 0 Å². The summed E-state index contributed by atoms with van der Waals surface area (Å²) in [6, 6.07) is -0.123. The van der Waals surface area contributed by atoms with Gasteiger partial charge in [-0.2, -0.15) is 0 Å². The molecule has 1 rings (SSSR count). The van der Waals surface area contributed by atoms with E-state index in [1.807, 2.05) is 20.8 Å². The highest BCUT2D eigenvalue weighted by Gasteiger charge is 2.22. The number of amides is 2. The third kappa shape index (κ3) is 6.48. The predicted molar refractivity (Wildman–Crippen MR) is 69.2 cm³/mol. The Morgan fingerprint density at radius 3 is 2.47 bits per heavy atom. The average Bonchev–Trinajstić information content (AvgIpc) is 2.64. The first-order chi connectivity index (χ1) is 7.38. The Balaban J connectivity index is 0.00000256. The van der Waals surface area contributed by atoms with Gasteiger partial charge in [-0.3, -0.25) is 9.59 Å². The van der Waals surface area contributed by atoms with Crippen LogP contribution >= 0.6 is 12.4 Å². The van der Waals surface area contributed by atoms with Gasteiger partial charge in [-0.25, -0.2) is 0 Å². The minimum atomic E-state index is -0.257. The SMILES string of the molecule is CC(C)(C)NC(=O)CNC(=O)C1CCCN1.Cl. The number of hydrogen-bond donors (Lipinski definition) is 3. The smallest absolute Gasteiger partial charge is 0.239 e. The fourth-order valence-corrected chi connectivity index (χ4v) is 1.66. The van der Waals surface area contributed by atoms with E-state index in [4.69, 9.17) is 0 Å². The molecule has 1 atom stereocenters. The van der Waals surface area contributed by atoms with Crippen LogP contribution in [-0.4, -0.2) is 36.5 Å². The summed E-state index contributed by atoms with van der Waals surface area (Å²) >= 11 is 0. The van der Waals surface area contributed by atoms with Crippen LogP contribution in [0, 0.1) is 0 Å². The van der Waals surface area contributed by atoms with Gasteiger partial charge in [-0.15, -0.1) is 12.4 Å². The zero-order valence-electron chi connectivity index (χ0n) is 10.6. The van der Waals surface area contributed by atoms with Crippen LogP contribution in [0.1, 0.15) is 33.6 Å². The molecule has 2 amide bonds. The second kappa shape index (κ2) is 6.81. The molecule has 17 heavy (non-hydrogen) atoms. The van der Waals surface area contributed by atoms with E-state index in [1.165, 1.54) is 0 Å². The monoisotopic (exact) mass is 263 g/mol. The van der Waals surface area contributed by atoms with E-state index in [-0.39, 0.29) is 42.3 Å². The zero-order valence-corrected chi connectivity index (χ0v) is 11.4. The lowest BCUT2D eigenvalue weighted by Gasteiger charge is -2.20. The molecular weight excluding hydrogens is 242 g/mol. The first-order valence-electron chi connectivity index (χ1n) is 5.70. The maximum absolute atomic E-state index is 11.6. The van der Waals surface area contributed by atoms with Gasteiger partial charge < -0.3 is 16.0 Å². The van der Waals surface area contributed by atoms with Crippen molar-refractivity contribution < 1.29 is 9.59 Å². The number of halogens is 1. The van der Waals surface area contributed by atoms with Crippen LogP contribution < -0.4 is 16.0 Å². The third-order valence-electron chi connectivity index (χ3n) is 2.31. The maximum Gasteiger partial charge on any atom is 0.239 e. The molecule has 1 aliphatic rings. The maximum atomic E-state index is 11.6. The Bertz CT molecular complexity index is 270. The summed E-state index contributed by atoms with van der Waals surface area (Å²) in [4.78, 5) is 23.0. The van der Waals surface area contributed by atoms with E-state index in [9.17, 15) is 9.59 Å². The normalized spacial score (nSPS) is 19.4. The van der Waals surface area contributed by atoms with E-state index in [1.54, 1.807) is 0 Å². The molecule has 5 nitrogen and oxygen atoms in total. The summed E-state index contributed by atoms with van der Waals surface area (Å²) < 4.78 is 0. The molecule has 6 heteroatoms. The number of carbonyl (C=O) groups excluding carboxylic acids is 2. The van der Waals surface area contributed by atoms with Crippen molar-refractivity contribution in [3.63, 3.8) is 0 Å². The van der Waals surface area contributed by atoms with Crippen molar-refractivity contribution in [1.82, 2.24) is 16.0 Å². The van der Waals surface area contributed by atoms with Crippen LogP contribution in [0.2, 0.25) is 0 Å². The minimum Gasteiger partial charge on any atom is -0.350 e. The minimum absolute atomic E-state index is 0. The number of nitrogens with one attached hydrogen (secondary N) is 3. The molecule has 1 aliphatic heterocycles. The van der Waals surface area contributed by atoms with E-state index in [0.717, 1.165) is 19.4 Å². The van der Waals surface area contributed by atoms with Crippen molar-refractivity contribution in [2.45, 2.75) is 45.2 Å². The Hall–Kier alpha value is -0.810. The summed E-state index contributed by atoms with van der Waals surface area (Å²) in [6.07, 6.45) is 1.87. The second-order valence-corrected chi connectivity index (χ2v) is 5.16. The second-order valence-electron chi connectivity index (χ2n) is 5.16. The van der Waals surface area contributed by atoms with Crippen molar-refractivity contribution in [3.8, 4) is 0 Å². The molecule has 0 aliphatic carbocycles. The molecule has 1 heterocycles. The Labute approximate surface area is 109 Å². The topological polar surface area (TPSA) is 70.2 Å². The largest absolute Gasteiger partial charge is 0.350 e. The van der Waals surface area contributed by atoms with Gasteiger partial charge in [0.15, 0.2) is 0 Å². The molecule has 0 saturated carbocycles. The van der Waals surface area contributed by atoms with Crippen molar-refractivity contribution in [2.24, 2.45) is 0 Å². The average molecular weight is 264 g/mol. The number of carbonyl (C=O) groups is 2. The Morgan fingerprint density at radius 1 is 1.35 bits per heavy atom. The molecule has 0 aromatic rings. The van der Waals surface area contributed by atoms with Crippen LogP contribution in [0.4, 0.5) is 0 Å². The van der Waals surface area contributed by atoms with Crippen LogP contribution in [0.3, 0.4) is 0 Å². The van der Waals surface area contributed by atoms with Gasteiger partial charge in [-0.05, 0) is 40.2 Å². The lowest BCUT2D eigenvalue weighted by atomic mass is 10.1. The van der Waals surface area contributed by atoms with Gasteiger partial charge in [0.05, 0.1) is 12.6 Å². The van der Waals surface area contributed by atoms with Crippen molar-refractivity contribution in [2.75, 3.05) is 13.1 Å². The fraction of sp³-hybridized carbons (Fsp3) is 0.818. The molecule has 0 spiro atoms. The van der Waals surface area contributed by atoms with E-state index < -0.39 is 0 Å². The molecule has 0 radical (unpaired) electrons. The van der Waals surface area contributed by atoms with Crippen molar-refractivity contribution in [1.29, 1.82) is 0 Å². The number of hydrogen-bond acceptors (Lipinski definition) is 3. The predicted octanol–water partition coefficient (Wildman–Crippen LogP) is 0.191. The van der Waals surface area contributed by atoms with Crippen LogP contribution in [0.15, 0.2) is 0 Å². The molecule has 0 bridgehead atoms. The van der Waals surface area contributed by atoms with Gasteiger partial charge in [0.2, 0.25) is 11.8 Å². The lowest BCUT2D eigenvalue weighted by molar-refractivity contribution is -0.127. The zero-order chi connectivity index (χ0) is 12.2. The Kier molecular flexibility index (Phi) is 6.49. The van der Waals surface area contributed by atoms with Gasteiger partial charge in [-0.1, -0.05) is 0 Å². The molecule has 3 N–H and O–H groups in total. The first kappa shape index (κ1) is 16.2. The quantitative estimate of drug-likeness (QED) is 0.681. The van der Waals surface area contributed by atoms with Crippen molar-refractivity contribution >= 4 is 24.2 Å². The summed E-state index contributed by atoms with van der Waals surface area (Å²) in [6.45, 7) is 6.66. The third-order valence-corrected chi connectivity index (χ3v) is 2.31. The van der Waals surface area contributed by atoms with Gasteiger partial charge in [0.25, 0.3) is 0 Å². The summed E-state index contributed by atoms with van der Waals surface area (Å²) in [5, 5.41) is 8.51. The standard InChI is InChI=1S/C11H21N3O2.ClH/c1-11(2,3)14-9(15)7-13-10(16)8-5-4-6-12-8;/h8,12H,4-7H2,1-3H3,(H,13,16)(H,14,15);1H. The summed E-state index contributed by atoms with van der Waals surface area (Å²) in [5.41, 5.74) is -0.257. The molecule has 100 valence electrons. The number of rotatable bonds is 3. The van der Waals surface area contributed by atoms with Crippen LogP contribution in [-0.2, 0) is 9.59 Å². The highest BCUT2D eigenvalue weighted by molar-refractivity contribution is 5.87. The van der Waals surface area contributed by atoms with E-state index in [2.05, 4.69) is 16.0 Å². The molecule has 1 fully saturated rings. The van der Waals surface area contributed by atoms with Gasteiger partial charge in [0.1, 0.15) is 0 Å². The molecule has 0 aromatic heterocycles. The summed E-state index contributed by atoms with van der Waals surface area (Å²) in [7, 11) is 0. The van der Waals surface area contributed by atoms with Gasteiger partial charge in [0, 0.05) is 5.54 Å². The van der Waals surface area contributed by atoms with Crippen molar-refractivity contribution in [3.05, 3.63) is 0 Å². The summed E-state index contributed by atoms with van der Waals surface area (Å²) in [5.74, 6) is -0.236. The molecule has 1 saturated heterocycles. The fourth-order valence-electron chi connectivity index (χ4n) is 1.66. The highest BCUT2D eigenvalue weighted by Crippen LogP contribution is 2.04. The highest BCUT2D eigenvalue weighted by atomic mass is 35.5. The molecular formula is C11H22ClN3O2. The molecule has 0 aromatic carbocycles. The lowest BCUT2D eigenvalue weighted by Crippen LogP contribution is -2.48. The van der Waals surface area contributed by atoms with Crippen LogP contribution in [0.5, 0.6) is 0 Å². The van der Waals surface area contributed by atoms with Crippen LogP contribution in [0.25, 0.3) is 0 Å². The first-order valence-corrected chi connectivity index (χ1v) is 5.70. The van der Waals surface area contributed by atoms with E-state index >= 15 is 0 Å².